The van der Waals surface area contributed by atoms with Crippen LogP contribution in [0.1, 0.15) is 20.8 Å². The van der Waals surface area contributed by atoms with Crippen LogP contribution in [0.4, 0.5) is 0 Å². The number of hydrogen-bond donors (Lipinski definition) is 3. The van der Waals surface area contributed by atoms with Crippen LogP contribution >= 0.6 is 24.0 Å². The van der Waals surface area contributed by atoms with Crippen molar-refractivity contribution in [1.29, 1.82) is 0 Å². The molecule has 0 spiro atoms. The molecule has 0 aliphatic carbocycles. The predicted molar refractivity (Wildman–Crippen MR) is 87.1 cm³/mol. The van der Waals surface area contributed by atoms with Gasteiger partial charge in [0.1, 0.15) is 0 Å². The van der Waals surface area contributed by atoms with E-state index < -0.39 is 10.0 Å². The van der Waals surface area contributed by atoms with Gasteiger partial charge in [-0.1, -0.05) is 13.8 Å². The van der Waals surface area contributed by atoms with Crippen LogP contribution < -0.4 is 15.4 Å². The molecule has 0 amide bonds. The fourth-order valence-corrected chi connectivity index (χ4v) is 1.47. The lowest BCUT2D eigenvalue weighted by molar-refractivity contribution is 0.481. The smallest absolute Gasteiger partial charge is 0.208 e. The van der Waals surface area contributed by atoms with E-state index in [1.165, 1.54) is 0 Å². The second kappa shape index (κ2) is 9.79. The van der Waals surface area contributed by atoms with Crippen LogP contribution in [0.15, 0.2) is 4.99 Å². The molecule has 0 saturated carbocycles. The fourth-order valence-electron chi connectivity index (χ4n) is 0.994. The molecular weight excluding hydrogens is 367 g/mol. The van der Waals surface area contributed by atoms with Gasteiger partial charge in [-0.15, -0.1) is 24.0 Å². The molecule has 0 fully saturated rings. The number of sulfonamides is 1. The molecule has 3 N–H and O–H groups in total. The molecule has 8 heteroatoms. The summed E-state index contributed by atoms with van der Waals surface area (Å²) in [6, 6.07) is 0.309. The lowest BCUT2D eigenvalue weighted by Crippen LogP contribution is -2.46. The molecule has 6 nitrogen and oxygen atoms in total. The second-order valence-corrected chi connectivity index (χ2v) is 6.18. The molecule has 1 atom stereocenters. The van der Waals surface area contributed by atoms with Crippen molar-refractivity contribution in [3.05, 3.63) is 0 Å². The first kappa shape index (κ1) is 20.2. The van der Waals surface area contributed by atoms with Crippen LogP contribution in [0.3, 0.4) is 0 Å². The molecule has 0 radical (unpaired) electrons. The molecule has 110 valence electrons. The lowest BCUT2D eigenvalue weighted by Gasteiger charge is -2.20. The summed E-state index contributed by atoms with van der Waals surface area (Å²) in [4.78, 5) is 4.06. The van der Waals surface area contributed by atoms with Crippen molar-refractivity contribution < 1.29 is 8.42 Å². The topological polar surface area (TPSA) is 82.6 Å². The first-order valence-corrected chi connectivity index (χ1v) is 7.57. The number of nitrogens with one attached hydrogen (secondary N) is 3. The van der Waals surface area contributed by atoms with Crippen molar-refractivity contribution in [2.45, 2.75) is 26.8 Å². The summed E-state index contributed by atoms with van der Waals surface area (Å²) >= 11 is 0. The normalized spacial score (nSPS) is 14.0. The van der Waals surface area contributed by atoms with E-state index in [1.54, 1.807) is 7.05 Å². The van der Waals surface area contributed by atoms with Gasteiger partial charge in [-0.3, -0.25) is 4.99 Å². The summed E-state index contributed by atoms with van der Waals surface area (Å²) in [6.45, 7) is 7.16. The van der Waals surface area contributed by atoms with Gasteiger partial charge in [-0.25, -0.2) is 13.1 Å². The van der Waals surface area contributed by atoms with Gasteiger partial charge in [0.2, 0.25) is 10.0 Å². The minimum absolute atomic E-state index is 0. The van der Waals surface area contributed by atoms with Crippen LogP contribution in [-0.4, -0.2) is 46.8 Å². The van der Waals surface area contributed by atoms with Crippen molar-refractivity contribution in [3.63, 3.8) is 0 Å². The third kappa shape index (κ3) is 11.0. The number of halogens is 1. The summed E-state index contributed by atoms with van der Waals surface area (Å²) in [7, 11) is -1.43. The summed E-state index contributed by atoms with van der Waals surface area (Å²) in [5.74, 6) is 1.18. The molecule has 0 saturated heterocycles. The maximum absolute atomic E-state index is 10.8. The first-order valence-electron chi connectivity index (χ1n) is 5.68. The molecule has 0 aromatic carbocycles. The average Bonchev–Trinajstić information content (AvgIpc) is 2.20. The summed E-state index contributed by atoms with van der Waals surface area (Å²) in [6.07, 6.45) is 1.14. The van der Waals surface area contributed by atoms with Crippen LogP contribution in [0.2, 0.25) is 0 Å². The van der Waals surface area contributed by atoms with Gasteiger partial charge >= 0.3 is 0 Å². The van der Waals surface area contributed by atoms with E-state index in [-0.39, 0.29) is 24.0 Å². The minimum Gasteiger partial charge on any atom is -0.355 e. The summed E-state index contributed by atoms with van der Waals surface area (Å²) < 4.78 is 24.1. The van der Waals surface area contributed by atoms with Gasteiger partial charge in [0, 0.05) is 26.2 Å². The predicted octanol–water partition coefficient (Wildman–Crippen LogP) is 0.363. The summed E-state index contributed by atoms with van der Waals surface area (Å²) in [5, 5.41) is 6.27. The molecular formula is C10H25IN4O2S. The van der Waals surface area contributed by atoms with E-state index in [1.807, 2.05) is 0 Å². The van der Waals surface area contributed by atoms with Crippen molar-refractivity contribution in [1.82, 2.24) is 15.4 Å². The molecule has 0 aromatic heterocycles. The Hall–Kier alpha value is -0.0900. The Balaban J connectivity index is 0. The van der Waals surface area contributed by atoms with Crippen molar-refractivity contribution in [2.24, 2.45) is 10.9 Å². The Kier molecular flexibility index (Phi) is 11.0. The van der Waals surface area contributed by atoms with Gasteiger partial charge in [-0.05, 0) is 12.8 Å². The lowest BCUT2D eigenvalue weighted by atomic mass is 10.1. The Morgan fingerprint density at radius 2 is 1.78 bits per heavy atom. The fraction of sp³-hybridized carbons (Fsp3) is 0.900. The van der Waals surface area contributed by atoms with Crippen LogP contribution in [0, 0.1) is 5.92 Å². The SMILES string of the molecule is CN=C(NCCNS(C)(=O)=O)NC(C)C(C)C.I. The van der Waals surface area contributed by atoms with Gasteiger partial charge in [0.25, 0.3) is 0 Å². The van der Waals surface area contributed by atoms with E-state index in [9.17, 15) is 8.42 Å². The van der Waals surface area contributed by atoms with Crippen molar-refractivity contribution in [2.75, 3.05) is 26.4 Å². The van der Waals surface area contributed by atoms with Gasteiger partial charge in [0.15, 0.2) is 5.96 Å². The molecule has 0 aliphatic heterocycles. The molecule has 0 rings (SSSR count). The van der Waals surface area contributed by atoms with Crippen molar-refractivity contribution >= 4 is 40.0 Å². The zero-order chi connectivity index (χ0) is 13.5. The van der Waals surface area contributed by atoms with Gasteiger partial charge in [-0.2, -0.15) is 0 Å². The first-order chi connectivity index (χ1) is 7.76. The number of rotatable bonds is 6. The number of aliphatic imine (C=N–C) groups is 1. The molecule has 0 aromatic rings. The van der Waals surface area contributed by atoms with Gasteiger partial charge < -0.3 is 10.6 Å². The number of nitrogens with zero attached hydrogens (tertiary/aromatic N) is 1. The zero-order valence-corrected chi connectivity index (χ0v) is 14.8. The van der Waals surface area contributed by atoms with Crippen LogP contribution in [0.5, 0.6) is 0 Å². The van der Waals surface area contributed by atoms with E-state index in [0.29, 0.717) is 31.0 Å². The number of hydrogen-bond acceptors (Lipinski definition) is 3. The molecule has 0 aliphatic rings. The van der Waals surface area contributed by atoms with E-state index in [0.717, 1.165) is 6.26 Å². The highest BCUT2D eigenvalue weighted by Crippen LogP contribution is 1.98. The molecule has 18 heavy (non-hydrogen) atoms. The standard InChI is InChI=1S/C10H24N4O2S.HI/c1-8(2)9(3)14-10(11-4)12-6-7-13-17(5,15)16;/h8-9,13H,6-7H2,1-5H3,(H2,11,12,14);1H. The van der Waals surface area contributed by atoms with E-state index in [2.05, 4.69) is 41.1 Å². The van der Waals surface area contributed by atoms with Gasteiger partial charge in [0.05, 0.1) is 6.26 Å². The molecule has 1 unspecified atom stereocenters. The maximum atomic E-state index is 10.8. The Morgan fingerprint density at radius 3 is 2.17 bits per heavy atom. The average molecular weight is 392 g/mol. The van der Waals surface area contributed by atoms with Crippen LogP contribution in [0.25, 0.3) is 0 Å². The third-order valence-corrected chi connectivity index (χ3v) is 3.10. The maximum Gasteiger partial charge on any atom is 0.208 e. The monoisotopic (exact) mass is 392 g/mol. The Labute approximate surface area is 127 Å². The highest BCUT2D eigenvalue weighted by Gasteiger charge is 2.08. The van der Waals surface area contributed by atoms with E-state index in [4.69, 9.17) is 0 Å². The van der Waals surface area contributed by atoms with Crippen LogP contribution in [-0.2, 0) is 10.0 Å². The Morgan fingerprint density at radius 1 is 1.22 bits per heavy atom. The molecule has 0 heterocycles. The zero-order valence-electron chi connectivity index (χ0n) is 11.6. The third-order valence-electron chi connectivity index (χ3n) is 2.37. The highest BCUT2D eigenvalue weighted by molar-refractivity contribution is 14.0. The quantitative estimate of drug-likeness (QED) is 0.264. The summed E-state index contributed by atoms with van der Waals surface area (Å²) in [5.41, 5.74) is 0. The van der Waals surface area contributed by atoms with Crippen molar-refractivity contribution in [3.8, 4) is 0 Å². The Bertz CT molecular complexity index is 344. The largest absolute Gasteiger partial charge is 0.355 e. The number of guanidine groups is 1. The molecule has 0 bridgehead atoms. The minimum atomic E-state index is -3.12. The second-order valence-electron chi connectivity index (χ2n) is 4.34. The van der Waals surface area contributed by atoms with E-state index >= 15 is 0 Å². The highest BCUT2D eigenvalue weighted by atomic mass is 127.